The van der Waals surface area contributed by atoms with E-state index in [0.717, 1.165) is 23.2 Å². The number of alkyl halides is 3. The molecule has 134 valence electrons. The Morgan fingerprint density at radius 1 is 1.24 bits per heavy atom. The van der Waals surface area contributed by atoms with Crippen LogP contribution in [0.1, 0.15) is 24.9 Å². The van der Waals surface area contributed by atoms with E-state index in [4.69, 9.17) is 9.47 Å². The first-order valence-electron chi connectivity index (χ1n) is 7.95. The topological polar surface area (TPSA) is 40.5 Å². The highest BCUT2D eigenvalue weighted by Gasteiger charge is 2.30. The molecular weight excluding hydrogens is 335 g/mol. The van der Waals surface area contributed by atoms with Gasteiger partial charge in [0.15, 0.2) is 23.5 Å². The Labute approximate surface area is 142 Å². The van der Waals surface area contributed by atoms with Gasteiger partial charge in [-0.1, -0.05) is 6.92 Å². The minimum Gasteiger partial charge on any atom is -0.493 e. The Bertz CT molecular complexity index is 842. The third kappa shape index (κ3) is 3.50. The van der Waals surface area contributed by atoms with Crippen LogP contribution in [0.25, 0.3) is 11.3 Å². The monoisotopic (exact) mass is 353 g/mol. The van der Waals surface area contributed by atoms with Gasteiger partial charge in [-0.25, -0.2) is 0 Å². The molecule has 1 aromatic carbocycles. The lowest BCUT2D eigenvalue weighted by molar-refractivity contribution is -0.153. The molecule has 0 amide bonds. The molecule has 1 aromatic heterocycles. The van der Waals surface area contributed by atoms with Crippen molar-refractivity contribution in [3.63, 3.8) is 0 Å². The number of halogens is 3. The Morgan fingerprint density at radius 3 is 2.64 bits per heavy atom. The number of nitrogens with zero attached hydrogens (tertiary/aromatic N) is 1. The van der Waals surface area contributed by atoms with Crippen molar-refractivity contribution in [2.45, 2.75) is 32.0 Å². The third-order valence-corrected chi connectivity index (χ3v) is 4.33. The average molecular weight is 353 g/mol. The summed E-state index contributed by atoms with van der Waals surface area (Å²) < 4.78 is 49.6. The van der Waals surface area contributed by atoms with Gasteiger partial charge >= 0.3 is 6.18 Å². The molecule has 7 heteroatoms. The van der Waals surface area contributed by atoms with Gasteiger partial charge in [-0.2, -0.15) is 13.2 Å². The van der Waals surface area contributed by atoms with Crippen molar-refractivity contribution in [1.82, 2.24) is 4.57 Å². The van der Waals surface area contributed by atoms with Crippen molar-refractivity contribution in [2.24, 2.45) is 0 Å². The van der Waals surface area contributed by atoms with Gasteiger partial charge in [0.25, 0.3) is 0 Å². The van der Waals surface area contributed by atoms with Gasteiger partial charge < -0.3 is 14.0 Å². The van der Waals surface area contributed by atoms with Gasteiger partial charge in [-0.3, -0.25) is 4.79 Å². The summed E-state index contributed by atoms with van der Waals surface area (Å²) in [5.41, 5.74) is 2.24. The minimum absolute atomic E-state index is 0.0557. The predicted molar refractivity (Wildman–Crippen MR) is 87.3 cm³/mol. The second kappa shape index (κ2) is 6.46. The molecule has 2 heterocycles. The van der Waals surface area contributed by atoms with E-state index in [-0.39, 0.29) is 23.0 Å². The number of hydrogen-bond donors (Lipinski definition) is 0. The molecule has 3 rings (SSSR count). The quantitative estimate of drug-likeness (QED) is 0.835. The third-order valence-electron chi connectivity index (χ3n) is 4.33. The van der Waals surface area contributed by atoms with Crippen molar-refractivity contribution in [1.29, 1.82) is 0 Å². The Morgan fingerprint density at radius 2 is 2.00 bits per heavy atom. The standard InChI is InChI=1S/C18H18F3NO3/c1-3-12-6-11-7-17(25-10-18(19,20)21)16(24-2)9-14(11)15-8-13(23)4-5-22(12)15/h4-5,7-9,12H,3,6,10H2,1-2H3. The van der Waals surface area contributed by atoms with Gasteiger partial charge in [0, 0.05) is 29.9 Å². The summed E-state index contributed by atoms with van der Waals surface area (Å²) in [4.78, 5) is 11.8. The predicted octanol–water partition coefficient (Wildman–Crippen LogP) is 3.97. The summed E-state index contributed by atoms with van der Waals surface area (Å²) in [6.45, 7) is 0.650. The van der Waals surface area contributed by atoms with Crippen LogP contribution in [0.4, 0.5) is 13.2 Å². The maximum atomic E-state index is 12.5. The van der Waals surface area contributed by atoms with Crippen LogP contribution in [-0.4, -0.2) is 24.5 Å². The number of benzene rings is 1. The molecule has 0 N–H and O–H groups in total. The van der Waals surface area contributed by atoms with Crippen LogP contribution in [0.3, 0.4) is 0 Å². The van der Waals surface area contributed by atoms with Gasteiger partial charge in [0.1, 0.15) is 0 Å². The van der Waals surface area contributed by atoms with Crippen LogP contribution in [0.2, 0.25) is 0 Å². The van der Waals surface area contributed by atoms with E-state index in [1.54, 1.807) is 18.3 Å². The molecule has 0 aliphatic carbocycles. The van der Waals surface area contributed by atoms with E-state index in [2.05, 4.69) is 0 Å². The van der Waals surface area contributed by atoms with E-state index < -0.39 is 12.8 Å². The van der Waals surface area contributed by atoms with Crippen LogP contribution < -0.4 is 14.9 Å². The van der Waals surface area contributed by atoms with Crippen molar-refractivity contribution in [3.8, 4) is 22.8 Å². The van der Waals surface area contributed by atoms with E-state index in [1.165, 1.54) is 19.2 Å². The first-order valence-corrected chi connectivity index (χ1v) is 7.95. The van der Waals surface area contributed by atoms with E-state index >= 15 is 0 Å². The zero-order valence-electron chi connectivity index (χ0n) is 13.9. The van der Waals surface area contributed by atoms with E-state index in [9.17, 15) is 18.0 Å². The number of ether oxygens (including phenoxy) is 2. The van der Waals surface area contributed by atoms with Crippen molar-refractivity contribution < 1.29 is 22.6 Å². The van der Waals surface area contributed by atoms with Crippen LogP contribution in [0.15, 0.2) is 35.3 Å². The molecule has 1 unspecified atom stereocenters. The number of fused-ring (bicyclic) bond motifs is 3. The van der Waals surface area contributed by atoms with Crippen LogP contribution in [-0.2, 0) is 6.42 Å². The zero-order chi connectivity index (χ0) is 18.2. The Balaban J connectivity index is 2.09. The molecule has 1 atom stereocenters. The highest BCUT2D eigenvalue weighted by atomic mass is 19.4. The molecule has 4 nitrogen and oxygen atoms in total. The van der Waals surface area contributed by atoms with Crippen molar-refractivity contribution in [3.05, 3.63) is 46.2 Å². The summed E-state index contributed by atoms with van der Waals surface area (Å²) in [5.74, 6) is 0.265. The van der Waals surface area contributed by atoms with E-state index in [1.807, 2.05) is 11.5 Å². The summed E-state index contributed by atoms with van der Waals surface area (Å²) in [5, 5.41) is 0. The second-order valence-corrected chi connectivity index (χ2v) is 5.99. The molecule has 0 radical (unpaired) electrons. The smallest absolute Gasteiger partial charge is 0.422 e. The summed E-state index contributed by atoms with van der Waals surface area (Å²) in [6, 6.07) is 6.40. The average Bonchev–Trinajstić information content (AvgIpc) is 2.57. The number of methoxy groups -OCH3 is 1. The maximum Gasteiger partial charge on any atom is 0.422 e. The molecule has 1 aliphatic rings. The summed E-state index contributed by atoms with van der Waals surface area (Å²) in [6.07, 6.45) is -1.18. The molecular formula is C18H18F3NO3. The van der Waals surface area contributed by atoms with Gasteiger partial charge in [0.05, 0.1) is 12.8 Å². The number of pyridine rings is 1. The van der Waals surface area contributed by atoms with Gasteiger partial charge in [-0.15, -0.1) is 0 Å². The molecule has 2 aromatic rings. The van der Waals surface area contributed by atoms with Gasteiger partial charge in [0.2, 0.25) is 0 Å². The first kappa shape index (κ1) is 17.4. The largest absolute Gasteiger partial charge is 0.493 e. The van der Waals surface area contributed by atoms with Crippen molar-refractivity contribution >= 4 is 0 Å². The van der Waals surface area contributed by atoms with Gasteiger partial charge in [-0.05, 0) is 30.5 Å². The first-order chi connectivity index (χ1) is 11.8. The maximum absolute atomic E-state index is 12.5. The highest BCUT2D eigenvalue weighted by molar-refractivity contribution is 5.70. The second-order valence-electron chi connectivity index (χ2n) is 5.99. The summed E-state index contributed by atoms with van der Waals surface area (Å²) >= 11 is 0. The molecule has 0 spiro atoms. The number of rotatable bonds is 4. The number of aromatic nitrogens is 1. The summed E-state index contributed by atoms with van der Waals surface area (Å²) in [7, 11) is 1.37. The lowest BCUT2D eigenvalue weighted by Gasteiger charge is -2.30. The normalized spacial score (nSPS) is 16.1. The fourth-order valence-electron chi connectivity index (χ4n) is 3.16. The zero-order valence-corrected chi connectivity index (χ0v) is 13.9. The van der Waals surface area contributed by atoms with Crippen LogP contribution >= 0.6 is 0 Å². The molecule has 0 saturated carbocycles. The number of hydrogen-bond acceptors (Lipinski definition) is 3. The van der Waals surface area contributed by atoms with Crippen LogP contribution in [0, 0.1) is 0 Å². The minimum atomic E-state index is -4.42. The fraction of sp³-hybridized carbons (Fsp3) is 0.389. The fourth-order valence-corrected chi connectivity index (χ4v) is 3.16. The van der Waals surface area contributed by atoms with Crippen LogP contribution in [0.5, 0.6) is 11.5 Å². The lowest BCUT2D eigenvalue weighted by atomic mass is 9.91. The Hall–Kier alpha value is -2.44. The lowest BCUT2D eigenvalue weighted by Crippen LogP contribution is -2.22. The molecule has 0 fully saturated rings. The van der Waals surface area contributed by atoms with Crippen molar-refractivity contribution in [2.75, 3.05) is 13.7 Å². The molecule has 0 saturated heterocycles. The molecule has 1 aliphatic heterocycles. The molecule has 25 heavy (non-hydrogen) atoms. The highest BCUT2D eigenvalue weighted by Crippen LogP contribution is 2.41. The SMILES string of the molecule is CCC1Cc2cc(OCC(F)(F)F)c(OC)cc2-c2cc(=O)ccn21. The Kier molecular flexibility index (Phi) is 4.49. The molecule has 0 bridgehead atoms. The van der Waals surface area contributed by atoms with E-state index in [0.29, 0.717) is 6.42 Å².